The lowest BCUT2D eigenvalue weighted by molar-refractivity contribution is -0.154. The molecule has 1 unspecified atom stereocenters. The van der Waals surface area contributed by atoms with Crippen LogP contribution in [-0.2, 0) is 20.4 Å². The highest BCUT2D eigenvalue weighted by molar-refractivity contribution is 5.96. The van der Waals surface area contributed by atoms with Crippen LogP contribution in [0.5, 0.6) is 0 Å². The van der Waals surface area contributed by atoms with Gasteiger partial charge in [0, 0.05) is 12.0 Å². The fraction of sp³-hybridized carbons (Fsp3) is 0.467. The van der Waals surface area contributed by atoms with Gasteiger partial charge in [-0.25, -0.2) is 9.59 Å². The van der Waals surface area contributed by atoms with E-state index < -0.39 is 35.9 Å². The first-order valence-corrected chi connectivity index (χ1v) is 12.7. The maximum absolute atomic E-state index is 13.4. The molecular weight excluding hydrogens is 497 g/mol. The average Bonchev–Trinajstić information content (AvgIpc) is 3.16. The summed E-state index contributed by atoms with van der Waals surface area (Å²) in [5, 5.41) is 10.1. The molecule has 1 atom stereocenters. The van der Waals surface area contributed by atoms with Crippen LogP contribution in [0.25, 0.3) is 6.08 Å². The standard InChI is InChI=1S/C30H35F3O5/c1-17(2)21-12-24(18(3)4)26(25(13-21)19(5)6)28(36)37-16-29(15-34)14-22(27(35)38-29)11-20-7-9-23(10-8-20)30(31,32)33/h7-13,17-19,34H,14-16H2,1-6H3/b22-11+. The van der Waals surface area contributed by atoms with Crippen LogP contribution in [0.2, 0.25) is 0 Å². The third-order valence-electron chi connectivity index (χ3n) is 6.75. The molecule has 0 aliphatic carbocycles. The van der Waals surface area contributed by atoms with E-state index in [-0.39, 0.29) is 36.4 Å². The van der Waals surface area contributed by atoms with Crippen LogP contribution in [0.15, 0.2) is 42.0 Å². The van der Waals surface area contributed by atoms with E-state index in [4.69, 9.17) is 9.47 Å². The maximum atomic E-state index is 13.4. The Morgan fingerprint density at radius 2 is 1.58 bits per heavy atom. The van der Waals surface area contributed by atoms with Crippen molar-refractivity contribution >= 4 is 18.0 Å². The second kappa shape index (κ2) is 11.3. The van der Waals surface area contributed by atoms with Gasteiger partial charge in [0.05, 0.1) is 17.7 Å². The quantitative estimate of drug-likeness (QED) is 0.293. The average molecular weight is 533 g/mol. The highest BCUT2D eigenvalue weighted by Gasteiger charge is 2.45. The number of halogens is 3. The highest BCUT2D eigenvalue weighted by atomic mass is 19.4. The molecule has 1 saturated heterocycles. The molecule has 0 aromatic heterocycles. The molecule has 0 spiro atoms. The van der Waals surface area contributed by atoms with Crippen molar-refractivity contribution in [2.24, 2.45) is 0 Å². The molecule has 38 heavy (non-hydrogen) atoms. The summed E-state index contributed by atoms with van der Waals surface area (Å²) in [4.78, 5) is 26.0. The number of cyclic esters (lactones) is 1. The van der Waals surface area contributed by atoms with Crippen molar-refractivity contribution in [3.63, 3.8) is 0 Å². The van der Waals surface area contributed by atoms with Crippen molar-refractivity contribution in [2.75, 3.05) is 13.2 Å². The van der Waals surface area contributed by atoms with Gasteiger partial charge in [-0.1, -0.05) is 65.8 Å². The molecule has 0 saturated carbocycles. The van der Waals surface area contributed by atoms with Crippen LogP contribution in [0.1, 0.15) is 104 Å². The molecule has 8 heteroatoms. The predicted molar refractivity (Wildman–Crippen MR) is 139 cm³/mol. The molecule has 1 N–H and O–H groups in total. The largest absolute Gasteiger partial charge is 0.458 e. The van der Waals surface area contributed by atoms with Gasteiger partial charge in [0.2, 0.25) is 0 Å². The molecule has 1 aliphatic rings. The van der Waals surface area contributed by atoms with Crippen molar-refractivity contribution in [3.05, 3.63) is 75.4 Å². The topological polar surface area (TPSA) is 72.8 Å². The lowest BCUT2D eigenvalue weighted by Crippen LogP contribution is -2.39. The van der Waals surface area contributed by atoms with E-state index in [0.29, 0.717) is 11.1 Å². The summed E-state index contributed by atoms with van der Waals surface area (Å²) in [6.45, 7) is 11.3. The zero-order chi connectivity index (χ0) is 28.4. The summed E-state index contributed by atoms with van der Waals surface area (Å²) in [7, 11) is 0. The number of aliphatic hydroxyl groups excluding tert-OH is 1. The third kappa shape index (κ3) is 6.46. The van der Waals surface area contributed by atoms with Gasteiger partial charge in [-0.3, -0.25) is 0 Å². The van der Waals surface area contributed by atoms with E-state index in [0.717, 1.165) is 28.8 Å². The minimum absolute atomic E-state index is 0.0585. The molecule has 2 aromatic carbocycles. The van der Waals surface area contributed by atoms with E-state index in [1.165, 1.54) is 18.2 Å². The van der Waals surface area contributed by atoms with E-state index in [1.807, 2.05) is 39.8 Å². The van der Waals surface area contributed by atoms with Gasteiger partial charge in [0.1, 0.15) is 6.61 Å². The monoisotopic (exact) mass is 532 g/mol. The summed E-state index contributed by atoms with van der Waals surface area (Å²) < 4.78 is 49.6. The molecule has 1 heterocycles. The normalized spacial score (nSPS) is 19.1. The smallest absolute Gasteiger partial charge is 0.416 e. The minimum atomic E-state index is -4.46. The fourth-order valence-electron chi connectivity index (χ4n) is 4.47. The lowest BCUT2D eigenvalue weighted by atomic mass is 9.84. The van der Waals surface area contributed by atoms with Crippen LogP contribution < -0.4 is 0 Å². The number of rotatable bonds is 8. The second-order valence-corrected chi connectivity index (χ2v) is 10.8. The SMILES string of the molecule is CC(C)c1cc(C(C)C)c(C(=O)OCC2(CO)C/C(=C\c3ccc(C(F)(F)F)cc3)C(=O)O2)c(C(C)C)c1. The summed E-state index contributed by atoms with van der Waals surface area (Å²) in [5.74, 6) is -0.884. The summed E-state index contributed by atoms with van der Waals surface area (Å²) in [6.07, 6.45) is -3.11. The number of benzene rings is 2. The molecule has 0 radical (unpaired) electrons. The first kappa shape index (κ1) is 29.4. The Balaban J connectivity index is 1.84. The second-order valence-electron chi connectivity index (χ2n) is 10.8. The summed E-state index contributed by atoms with van der Waals surface area (Å²) in [6, 6.07) is 8.42. The Kier molecular flexibility index (Phi) is 8.76. The van der Waals surface area contributed by atoms with Crippen LogP contribution >= 0.6 is 0 Å². The summed E-state index contributed by atoms with van der Waals surface area (Å²) in [5.41, 5.74) is 1.63. The van der Waals surface area contributed by atoms with Gasteiger partial charge >= 0.3 is 18.1 Å². The van der Waals surface area contributed by atoms with E-state index in [9.17, 15) is 27.9 Å². The Hall–Kier alpha value is -3.13. The molecule has 206 valence electrons. The van der Waals surface area contributed by atoms with Gasteiger partial charge in [-0.15, -0.1) is 0 Å². The van der Waals surface area contributed by atoms with Gasteiger partial charge in [-0.05, 0) is 58.2 Å². The molecule has 0 bridgehead atoms. The van der Waals surface area contributed by atoms with Gasteiger partial charge in [0.15, 0.2) is 5.60 Å². The van der Waals surface area contributed by atoms with Crippen molar-refractivity contribution in [3.8, 4) is 0 Å². The first-order valence-electron chi connectivity index (χ1n) is 12.7. The van der Waals surface area contributed by atoms with E-state index in [2.05, 4.69) is 13.8 Å². The molecule has 1 fully saturated rings. The molecule has 3 rings (SSSR count). The van der Waals surface area contributed by atoms with Crippen LogP contribution in [-0.4, -0.2) is 35.9 Å². The minimum Gasteiger partial charge on any atom is -0.458 e. The molecule has 2 aromatic rings. The number of hydrogen-bond acceptors (Lipinski definition) is 5. The van der Waals surface area contributed by atoms with Gasteiger partial charge in [0.25, 0.3) is 0 Å². The van der Waals surface area contributed by atoms with Crippen LogP contribution in [0.4, 0.5) is 13.2 Å². The third-order valence-corrected chi connectivity index (χ3v) is 6.75. The van der Waals surface area contributed by atoms with E-state index >= 15 is 0 Å². The Bertz CT molecular complexity index is 1180. The van der Waals surface area contributed by atoms with Crippen molar-refractivity contribution in [2.45, 2.75) is 77.5 Å². The molecular formula is C30H35F3O5. The highest BCUT2D eigenvalue weighted by Crippen LogP contribution is 2.36. The van der Waals surface area contributed by atoms with Crippen molar-refractivity contribution < 1.29 is 37.3 Å². The molecule has 5 nitrogen and oxygen atoms in total. The number of alkyl halides is 3. The van der Waals surface area contributed by atoms with Crippen LogP contribution in [0.3, 0.4) is 0 Å². The van der Waals surface area contributed by atoms with Gasteiger partial charge in [-0.2, -0.15) is 13.2 Å². The number of carbonyl (C=O) groups is 2. The fourth-order valence-corrected chi connectivity index (χ4v) is 4.47. The predicted octanol–water partition coefficient (Wildman–Crippen LogP) is 6.99. The number of esters is 2. The zero-order valence-electron chi connectivity index (χ0n) is 22.6. The van der Waals surface area contributed by atoms with Crippen molar-refractivity contribution in [1.29, 1.82) is 0 Å². The summed E-state index contributed by atoms with van der Waals surface area (Å²) >= 11 is 0. The Morgan fingerprint density at radius 1 is 1.03 bits per heavy atom. The Morgan fingerprint density at radius 3 is 2.03 bits per heavy atom. The number of aliphatic hydroxyl groups is 1. The number of hydrogen-bond donors (Lipinski definition) is 1. The first-order chi connectivity index (χ1) is 17.7. The lowest BCUT2D eigenvalue weighted by Gasteiger charge is -2.26. The number of carbonyl (C=O) groups excluding carboxylic acids is 2. The van der Waals surface area contributed by atoms with Gasteiger partial charge < -0.3 is 14.6 Å². The molecule has 1 aliphatic heterocycles. The zero-order valence-corrected chi connectivity index (χ0v) is 22.6. The maximum Gasteiger partial charge on any atom is 0.416 e. The Labute approximate surface area is 221 Å². The van der Waals surface area contributed by atoms with E-state index in [1.54, 1.807) is 0 Å². The number of ether oxygens (including phenoxy) is 2. The van der Waals surface area contributed by atoms with Crippen LogP contribution in [0, 0.1) is 0 Å². The molecule has 0 amide bonds. The van der Waals surface area contributed by atoms with Crippen molar-refractivity contribution in [1.82, 2.24) is 0 Å².